The van der Waals surface area contributed by atoms with E-state index in [2.05, 4.69) is 0 Å². The fraction of sp³-hybridized carbons (Fsp3) is 0.154. The molecule has 0 aliphatic carbocycles. The first-order chi connectivity index (χ1) is 7.59. The Balaban J connectivity index is 2.53. The third-order valence-electron chi connectivity index (χ3n) is 2.44. The molecule has 3 heteroatoms. The predicted octanol–water partition coefficient (Wildman–Crippen LogP) is 3.74. The quantitative estimate of drug-likeness (QED) is 0.723. The molecule has 16 heavy (non-hydrogen) atoms. The van der Waals surface area contributed by atoms with Gasteiger partial charge in [-0.15, -0.1) is 0 Å². The van der Waals surface area contributed by atoms with Gasteiger partial charge in [-0.25, -0.2) is 4.39 Å². The van der Waals surface area contributed by atoms with Crippen LogP contribution in [-0.4, -0.2) is 5.78 Å². The highest BCUT2D eigenvalue weighted by Crippen LogP contribution is 2.20. The molecule has 0 fully saturated rings. The van der Waals surface area contributed by atoms with E-state index in [0.717, 1.165) is 5.56 Å². The normalized spacial score (nSPS) is 10.4. The summed E-state index contributed by atoms with van der Waals surface area (Å²) in [4.78, 5) is 12.0. The van der Waals surface area contributed by atoms with Crippen molar-refractivity contribution in [2.75, 3.05) is 0 Å². The smallest absolute Gasteiger partial charge is 0.197 e. The van der Waals surface area contributed by atoms with Gasteiger partial charge in [0.2, 0.25) is 0 Å². The second-order valence-electron chi connectivity index (χ2n) is 3.78. The third kappa shape index (κ3) is 1.91. The first-order valence-electron chi connectivity index (χ1n) is 4.93. The van der Waals surface area contributed by atoms with E-state index in [0.29, 0.717) is 11.1 Å². The fourth-order valence-electron chi connectivity index (χ4n) is 1.74. The van der Waals surface area contributed by atoms with Crippen LogP contribution in [0.25, 0.3) is 0 Å². The van der Waals surface area contributed by atoms with E-state index in [1.54, 1.807) is 18.4 Å². The first-order valence-corrected chi connectivity index (χ1v) is 5.87. The van der Waals surface area contributed by atoms with Gasteiger partial charge in [-0.3, -0.25) is 4.79 Å². The Hall–Kier alpha value is -1.48. The largest absolute Gasteiger partial charge is 0.288 e. The zero-order valence-corrected chi connectivity index (χ0v) is 9.90. The topological polar surface area (TPSA) is 17.1 Å². The van der Waals surface area contributed by atoms with Gasteiger partial charge in [0.05, 0.1) is 5.56 Å². The number of hydrogen-bond donors (Lipinski definition) is 0. The number of benzene rings is 1. The van der Waals surface area contributed by atoms with Crippen molar-refractivity contribution in [1.29, 1.82) is 0 Å². The maximum absolute atomic E-state index is 13.7. The van der Waals surface area contributed by atoms with Crippen LogP contribution in [0.1, 0.15) is 27.0 Å². The average molecular weight is 234 g/mol. The summed E-state index contributed by atoms with van der Waals surface area (Å²) in [5.41, 5.74) is 2.26. The summed E-state index contributed by atoms with van der Waals surface area (Å²) in [5, 5.41) is 3.55. The molecule has 1 nitrogen and oxygen atoms in total. The Kier molecular flexibility index (Phi) is 2.88. The van der Waals surface area contributed by atoms with Crippen LogP contribution in [0.2, 0.25) is 0 Å². The highest BCUT2D eigenvalue weighted by atomic mass is 32.1. The van der Waals surface area contributed by atoms with Gasteiger partial charge in [-0.1, -0.05) is 6.07 Å². The highest BCUT2D eigenvalue weighted by molar-refractivity contribution is 7.08. The number of rotatable bonds is 2. The van der Waals surface area contributed by atoms with E-state index in [1.807, 2.05) is 18.4 Å². The zero-order chi connectivity index (χ0) is 11.7. The molecular formula is C13H11FOS. The van der Waals surface area contributed by atoms with Crippen LogP contribution in [-0.2, 0) is 0 Å². The van der Waals surface area contributed by atoms with Crippen molar-refractivity contribution in [3.63, 3.8) is 0 Å². The van der Waals surface area contributed by atoms with Gasteiger partial charge in [-0.05, 0) is 42.5 Å². The molecule has 0 bridgehead atoms. The molecule has 0 radical (unpaired) electrons. The summed E-state index contributed by atoms with van der Waals surface area (Å²) in [5.74, 6) is -0.676. The summed E-state index contributed by atoms with van der Waals surface area (Å²) < 4.78 is 13.7. The van der Waals surface area contributed by atoms with E-state index >= 15 is 0 Å². The summed E-state index contributed by atoms with van der Waals surface area (Å²) >= 11 is 1.43. The number of halogens is 1. The van der Waals surface area contributed by atoms with Crippen molar-refractivity contribution in [1.82, 2.24) is 0 Å². The van der Waals surface area contributed by atoms with Gasteiger partial charge in [0, 0.05) is 10.9 Å². The molecule has 0 N–H and O–H groups in total. The van der Waals surface area contributed by atoms with Crippen LogP contribution < -0.4 is 0 Å². The van der Waals surface area contributed by atoms with Gasteiger partial charge in [0.1, 0.15) is 5.82 Å². The predicted molar refractivity (Wildman–Crippen MR) is 63.6 cm³/mol. The standard InChI is InChI=1S/C13H11FOS/c1-8-5-9(2)12(11(14)6-8)13(15)10-3-4-16-7-10/h3-7H,1-2H3. The lowest BCUT2D eigenvalue weighted by Crippen LogP contribution is -2.06. The van der Waals surface area contributed by atoms with Crippen molar-refractivity contribution >= 4 is 17.1 Å². The minimum absolute atomic E-state index is 0.184. The van der Waals surface area contributed by atoms with Crippen LogP contribution in [0.4, 0.5) is 4.39 Å². The van der Waals surface area contributed by atoms with E-state index in [4.69, 9.17) is 0 Å². The lowest BCUT2D eigenvalue weighted by molar-refractivity contribution is 0.103. The fourth-order valence-corrected chi connectivity index (χ4v) is 2.38. The van der Waals surface area contributed by atoms with Gasteiger partial charge >= 0.3 is 0 Å². The Morgan fingerprint density at radius 1 is 1.31 bits per heavy atom. The number of hydrogen-bond acceptors (Lipinski definition) is 2. The molecule has 0 aliphatic rings. The summed E-state index contributed by atoms with van der Waals surface area (Å²) in [7, 11) is 0. The molecule has 2 aromatic rings. The zero-order valence-electron chi connectivity index (χ0n) is 9.08. The Labute approximate surface area is 97.6 Å². The lowest BCUT2D eigenvalue weighted by Gasteiger charge is -2.06. The van der Waals surface area contributed by atoms with E-state index < -0.39 is 5.82 Å². The van der Waals surface area contributed by atoms with Crippen molar-refractivity contribution in [2.24, 2.45) is 0 Å². The van der Waals surface area contributed by atoms with Crippen molar-refractivity contribution in [3.8, 4) is 0 Å². The number of aryl methyl sites for hydroxylation is 2. The molecular weight excluding hydrogens is 223 g/mol. The molecule has 0 saturated carbocycles. The Morgan fingerprint density at radius 3 is 2.62 bits per heavy atom. The van der Waals surface area contributed by atoms with Gasteiger partial charge in [-0.2, -0.15) is 11.3 Å². The molecule has 1 aromatic carbocycles. The van der Waals surface area contributed by atoms with Gasteiger partial charge in [0.25, 0.3) is 0 Å². The molecule has 0 saturated heterocycles. The van der Waals surface area contributed by atoms with Crippen LogP contribution in [0.3, 0.4) is 0 Å². The number of carbonyl (C=O) groups is 1. The monoisotopic (exact) mass is 234 g/mol. The van der Waals surface area contributed by atoms with Crippen molar-refractivity contribution in [2.45, 2.75) is 13.8 Å². The maximum atomic E-state index is 13.7. The van der Waals surface area contributed by atoms with E-state index in [9.17, 15) is 9.18 Å². The minimum Gasteiger partial charge on any atom is -0.288 e. The number of thiophene rings is 1. The first kappa shape index (κ1) is 11.0. The van der Waals surface area contributed by atoms with Crippen molar-refractivity contribution in [3.05, 3.63) is 57.0 Å². The molecule has 0 atom stereocenters. The Morgan fingerprint density at radius 2 is 2.06 bits per heavy atom. The van der Waals surface area contributed by atoms with Gasteiger partial charge < -0.3 is 0 Å². The molecule has 0 aliphatic heterocycles. The van der Waals surface area contributed by atoms with Crippen LogP contribution in [0.15, 0.2) is 29.0 Å². The SMILES string of the molecule is Cc1cc(C)c(C(=O)c2ccsc2)c(F)c1. The van der Waals surface area contributed by atoms with E-state index in [-0.39, 0.29) is 11.3 Å². The van der Waals surface area contributed by atoms with E-state index in [1.165, 1.54) is 17.4 Å². The van der Waals surface area contributed by atoms with Crippen molar-refractivity contribution < 1.29 is 9.18 Å². The minimum atomic E-state index is -0.436. The summed E-state index contributed by atoms with van der Waals surface area (Å²) in [6.07, 6.45) is 0. The van der Waals surface area contributed by atoms with Gasteiger partial charge in [0.15, 0.2) is 5.78 Å². The molecule has 2 rings (SSSR count). The average Bonchev–Trinajstić information content (AvgIpc) is 2.67. The third-order valence-corrected chi connectivity index (χ3v) is 3.13. The summed E-state index contributed by atoms with van der Waals surface area (Å²) in [6, 6.07) is 4.93. The second kappa shape index (κ2) is 4.18. The number of carbonyl (C=O) groups excluding carboxylic acids is 1. The second-order valence-corrected chi connectivity index (χ2v) is 4.56. The summed E-state index contributed by atoms with van der Waals surface area (Å²) in [6.45, 7) is 3.57. The molecule has 0 spiro atoms. The highest BCUT2D eigenvalue weighted by Gasteiger charge is 2.17. The Bertz CT molecular complexity index is 506. The van der Waals surface area contributed by atoms with Crippen LogP contribution in [0, 0.1) is 19.7 Å². The molecule has 82 valence electrons. The molecule has 1 heterocycles. The molecule has 0 unspecified atom stereocenters. The van der Waals surface area contributed by atoms with Crippen LogP contribution >= 0.6 is 11.3 Å². The maximum Gasteiger partial charge on any atom is 0.197 e. The lowest BCUT2D eigenvalue weighted by atomic mass is 9.98. The number of ketones is 1. The molecule has 0 amide bonds. The molecule has 1 aromatic heterocycles. The van der Waals surface area contributed by atoms with Crippen LogP contribution in [0.5, 0.6) is 0 Å².